The van der Waals surface area contributed by atoms with E-state index < -0.39 is 23.3 Å². The number of halogens is 6. The quantitative estimate of drug-likeness (QED) is 0.0137. The highest BCUT2D eigenvalue weighted by Crippen LogP contribution is 2.18. The highest BCUT2D eigenvalue weighted by Gasteiger charge is 2.18. The second-order valence-corrected chi connectivity index (χ2v) is 27.5. The summed E-state index contributed by atoms with van der Waals surface area (Å²) in [7, 11) is 14.8. The van der Waals surface area contributed by atoms with Crippen molar-refractivity contribution < 1.29 is 48.1 Å². The number of benzene rings is 4. The van der Waals surface area contributed by atoms with E-state index in [0.717, 1.165) is 65.0 Å². The molecule has 0 aliphatic carbocycles. The fourth-order valence-corrected chi connectivity index (χ4v) is 8.23. The molecule has 0 bridgehead atoms. The zero-order chi connectivity index (χ0) is 65.9. The number of aromatic carboxylic acids is 1. The number of Topliss-reactive ketones (excluding diaryl/α,β-unsaturated/α-hetero) is 1. The number of aromatic nitrogens is 4. The lowest BCUT2D eigenvalue weighted by Gasteiger charge is -2.02. The molecular formula is C67H79AlCl6N4O10. The lowest BCUT2D eigenvalue weighted by molar-refractivity contribution is -0.111. The normalized spacial score (nSPS) is 9.97. The van der Waals surface area contributed by atoms with Gasteiger partial charge in [-0.2, -0.15) is 0 Å². The first-order chi connectivity index (χ1) is 41.7. The van der Waals surface area contributed by atoms with Crippen LogP contribution in [0.2, 0.25) is 0 Å². The Morgan fingerprint density at radius 2 is 0.761 bits per heavy atom. The smallest absolute Gasteiger partial charge is 0.477 e. The summed E-state index contributed by atoms with van der Waals surface area (Å²) in [5.41, 5.74) is 17.5. The van der Waals surface area contributed by atoms with Crippen molar-refractivity contribution >= 4 is 111 Å². The third-order valence-electron chi connectivity index (χ3n) is 12.7. The number of ketones is 1. The van der Waals surface area contributed by atoms with Crippen LogP contribution in [0.3, 0.4) is 0 Å². The molecule has 4 aromatic carbocycles. The Morgan fingerprint density at radius 1 is 0.432 bits per heavy atom. The van der Waals surface area contributed by atoms with Gasteiger partial charge in [0.05, 0.1) is 25.2 Å². The molecule has 14 nitrogen and oxygen atoms in total. The van der Waals surface area contributed by atoms with Crippen LogP contribution < -0.4 is 0 Å². The van der Waals surface area contributed by atoms with E-state index in [9.17, 15) is 28.8 Å². The van der Waals surface area contributed by atoms with Crippen LogP contribution in [-0.2, 0) is 57.5 Å². The third kappa shape index (κ3) is 31.1. The fourth-order valence-electron chi connectivity index (χ4n) is 8.07. The number of carboxylic acid groups (broad SMARTS) is 1. The molecule has 0 atom stereocenters. The second-order valence-electron chi connectivity index (χ2n) is 19.8. The molecule has 0 aliphatic rings. The molecule has 4 heterocycles. The van der Waals surface area contributed by atoms with Crippen LogP contribution in [0, 0.1) is 55.4 Å². The van der Waals surface area contributed by atoms with Crippen molar-refractivity contribution in [1.29, 1.82) is 0 Å². The Kier molecular flexibility index (Phi) is 37.4. The molecule has 21 heteroatoms. The van der Waals surface area contributed by atoms with Gasteiger partial charge in [0.1, 0.15) is 22.8 Å². The monoisotopic (exact) mass is 1340 g/mol. The van der Waals surface area contributed by atoms with Crippen LogP contribution in [0.1, 0.15) is 151 Å². The first kappa shape index (κ1) is 77.6. The number of hydrogen-bond donors (Lipinski definition) is 5. The molecule has 0 radical (unpaired) electrons. The number of carboxylic acids is 1. The summed E-state index contributed by atoms with van der Waals surface area (Å²) < 4.78 is 14.7. The number of aryl methyl sites for hydroxylation is 12. The number of aromatic amines is 4. The van der Waals surface area contributed by atoms with Gasteiger partial charge < -0.3 is 39.3 Å². The van der Waals surface area contributed by atoms with E-state index in [1.54, 1.807) is 39.0 Å². The number of rotatable bonds is 18. The molecule has 0 fully saturated rings. The van der Waals surface area contributed by atoms with Crippen molar-refractivity contribution in [3.8, 4) is 0 Å². The van der Waals surface area contributed by atoms with Crippen molar-refractivity contribution in [2.24, 2.45) is 0 Å². The minimum atomic E-state index is -1.72. The zero-order valence-electron chi connectivity index (χ0n) is 51.7. The highest BCUT2D eigenvalue weighted by molar-refractivity contribution is 7.54. The summed E-state index contributed by atoms with van der Waals surface area (Å²) >= 11 is 13.0. The summed E-state index contributed by atoms with van der Waals surface area (Å²) in [4.78, 5) is 79.8. The van der Waals surface area contributed by atoms with Gasteiger partial charge in [0.25, 0.3) is 0 Å². The molecule has 0 amide bonds. The predicted molar refractivity (Wildman–Crippen MR) is 359 cm³/mol. The Labute approximate surface area is 549 Å². The average molecular weight is 1340 g/mol. The van der Waals surface area contributed by atoms with Crippen LogP contribution in [0.4, 0.5) is 0 Å². The van der Waals surface area contributed by atoms with Crippen molar-refractivity contribution in [3.05, 3.63) is 234 Å². The lowest BCUT2D eigenvalue weighted by Crippen LogP contribution is -2.05. The number of ether oxygens (including phenoxy) is 3. The maximum absolute atomic E-state index is 12.3. The largest absolute Gasteiger partial charge is 0.643 e. The minimum Gasteiger partial charge on any atom is -0.477 e. The van der Waals surface area contributed by atoms with E-state index in [0.29, 0.717) is 61.0 Å². The fraction of sp³-hybridized carbons (Fsp3) is 0.313. The third-order valence-corrected chi connectivity index (χ3v) is 12.8. The summed E-state index contributed by atoms with van der Waals surface area (Å²) in [6.45, 7) is 22.2. The molecule has 0 saturated heterocycles. The predicted octanol–water partition coefficient (Wildman–Crippen LogP) is 16.9. The van der Waals surface area contributed by atoms with E-state index in [1.165, 1.54) is 33.4 Å². The maximum Gasteiger partial charge on any atom is 0.643 e. The van der Waals surface area contributed by atoms with Gasteiger partial charge in [-0.05, 0) is 177 Å². The van der Waals surface area contributed by atoms with E-state index in [-0.39, 0.29) is 34.0 Å². The Bertz CT molecular complexity index is 3390. The van der Waals surface area contributed by atoms with Gasteiger partial charge >= 0.3 is 35.3 Å². The molecule has 472 valence electrons. The molecule has 0 spiro atoms. The number of esters is 3. The van der Waals surface area contributed by atoms with E-state index in [1.807, 2.05) is 102 Å². The van der Waals surface area contributed by atoms with Gasteiger partial charge in [0, 0.05) is 41.2 Å². The molecule has 8 aromatic rings. The molecule has 0 saturated carbocycles. The van der Waals surface area contributed by atoms with E-state index >= 15 is 0 Å². The molecule has 88 heavy (non-hydrogen) atoms. The van der Waals surface area contributed by atoms with Gasteiger partial charge in [-0.15, -0.1) is 23.2 Å². The summed E-state index contributed by atoms with van der Waals surface area (Å²) in [6, 6.07) is 41.4. The molecule has 0 aliphatic heterocycles. The number of H-pyrrole nitrogens is 4. The van der Waals surface area contributed by atoms with Crippen LogP contribution >= 0.6 is 65.0 Å². The number of alkyl halides is 2. The van der Waals surface area contributed by atoms with Gasteiger partial charge in [0.2, 0.25) is 5.24 Å². The first-order valence-electron chi connectivity index (χ1n) is 28.2. The van der Waals surface area contributed by atoms with E-state index in [4.69, 9.17) is 84.3 Å². The minimum absolute atomic E-state index is 0.0110. The van der Waals surface area contributed by atoms with Crippen LogP contribution in [0.5, 0.6) is 0 Å². The first-order valence-corrected chi connectivity index (χ1v) is 34.9. The number of nitrogens with one attached hydrogen (secondary N) is 4. The van der Waals surface area contributed by atoms with Crippen LogP contribution in [0.25, 0.3) is 0 Å². The summed E-state index contributed by atoms with van der Waals surface area (Å²) in [6.07, 6.45) is 4.33. The van der Waals surface area contributed by atoms with Crippen molar-refractivity contribution in [2.45, 2.75) is 115 Å². The lowest BCUT2D eigenvalue weighted by atomic mass is 10.0. The standard InChI is InChI=1S/C17H19NO3.C17H21NO2.C15H17NO2.C9H9ClO.C8H11NO2.CH2Cl2.Al.3ClH/c1-4-21-17(20)15-10-14(12(3)18-15)16(19)9-13-7-5-11(2)6-8-13;1-4-20-17(19)16-11-15(13(3)18-16)10-9-14-7-5-12(2)6-8-14;1-10-3-5-12(6-4-10)7-8-13-9-14(15(17)18)16-11(13)2;1-7-2-4-8(5-3-7)6-9(10)11;1-3-11-8(10)7-5-4-6(2)9-7;2-1-3;;;;/h5-8,10,18H,4,9H2,1-3H3;5-8,11,18H,4,9-10H2,1-3H3;3-6,9,16H,7-8H2,1-2H3,(H,17,18);2-5H,6H2,1H3;4-5,9H,3H2,1-2H3;1H2;;3*1H/q;;;;;;+3;;;/p-3. The zero-order valence-corrected chi connectivity index (χ0v) is 57.4. The van der Waals surface area contributed by atoms with Gasteiger partial charge in [-0.1, -0.05) is 119 Å². The Morgan fingerprint density at radius 3 is 1.10 bits per heavy atom. The highest BCUT2D eigenvalue weighted by atomic mass is 35.8. The van der Waals surface area contributed by atoms with E-state index in [2.05, 4.69) is 82.3 Å². The van der Waals surface area contributed by atoms with Gasteiger partial charge in [0.15, 0.2) is 5.78 Å². The molecule has 0 unspecified atom stereocenters. The Hall–Kier alpha value is -6.51. The summed E-state index contributed by atoms with van der Waals surface area (Å²) in [5.74, 6) is -1.92. The average Bonchev–Trinajstić information content (AvgIpc) is 2.56. The molecular weight excluding hydrogens is 1260 g/mol. The van der Waals surface area contributed by atoms with Gasteiger partial charge in [-0.3, -0.25) is 9.59 Å². The summed E-state index contributed by atoms with van der Waals surface area (Å²) in [5, 5.41) is 8.79. The number of carbonyl (C=O) groups is 6. The van der Waals surface area contributed by atoms with Crippen LogP contribution in [0.15, 0.2) is 127 Å². The maximum atomic E-state index is 12.3. The molecule has 8 rings (SSSR count). The SMILES string of the molecule is CCOC(=O)c1cc(C(=O)Cc2ccc(C)cc2)c(C)[nH]1.CCOC(=O)c1cc(CCc2ccc(C)cc2)c(C)[nH]1.CCOC(=O)c1ccc(C)[nH]1.Cc1ccc(CC(=O)Cl)cc1.Cc1ccc(CCc2cc(C(=O)O)[nH]c2C)cc1.ClCCl.[Cl][Al]([Cl])[Cl]. The Balaban J connectivity index is 0.000000372. The van der Waals surface area contributed by atoms with Crippen molar-refractivity contribution in [3.63, 3.8) is 0 Å². The van der Waals surface area contributed by atoms with Gasteiger partial charge in [-0.25, -0.2) is 49.3 Å². The van der Waals surface area contributed by atoms with Crippen molar-refractivity contribution in [2.75, 3.05) is 25.2 Å². The number of hydrogen-bond acceptors (Lipinski definition) is 9. The molecule has 4 aromatic heterocycles. The number of carbonyl (C=O) groups excluding carboxylic acids is 5. The van der Waals surface area contributed by atoms with Crippen molar-refractivity contribution in [1.82, 2.24) is 19.9 Å². The molecule has 5 N–H and O–H groups in total. The van der Waals surface area contributed by atoms with Crippen LogP contribution in [-0.4, -0.2) is 96.5 Å². The topological polar surface area (TPSA) is 213 Å². The second kappa shape index (κ2) is 42.4.